The van der Waals surface area contributed by atoms with Gasteiger partial charge >= 0.3 is 5.97 Å². The summed E-state index contributed by atoms with van der Waals surface area (Å²) >= 11 is 0. The third kappa shape index (κ3) is 2.74. The zero-order valence-corrected chi connectivity index (χ0v) is 13.9. The molecule has 0 unspecified atom stereocenters. The van der Waals surface area contributed by atoms with Crippen LogP contribution < -0.4 is 0 Å². The van der Waals surface area contributed by atoms with Crippen LogP contribution in [0.1, 0.15) is 37.2 Å². The zero-order chi connectivity index (χ0) is 19.1. The lowest BCUT2D eigenvalue weighted by atomic mass is 10.1. The van der Waals surface area contributed by atoms with E-state index in [1.165, 1.54) is 41.1 Å². The Balaban J connectivity index is 1.58. The molecular weight excluding hydrogens is 355 g/mol. The van der Waals surface area contributed by atoms with E-state index in [1.807, 2.05) is 0 Å². The van der Waals surface area contributed by atoms with Crippen molar-refractivity contribution in [2.45, 2.75) is 6.92 Å². The molecule has 2 amide bonds. The highest BCUT2D eigenvalue weighted by Crippen LogP contribution is 2.23. The molecule has 0 bridgehead atoms. The number of benzene rings is 2. The van der Waals surface area contributed by atoms with Gasteiger partial charge in [0.05, 0.1) is 16.8 Å². The van der Waals surface area contributed by atoms with Gasteiger partial charge in [0.15, 0.2) is 0 Å². The summed E-state index contributed by atoms with van der Waals surface area (Å²) in [4.78, 5) is 45.7. The van der Waals surface area contributed by atoms with Crippen LogP contribution in [0.5, 0.6) is 0 Å². The number of carbonyl (C=O) groups is 3. The molecule has 3 aromatic rings. The van der Waals surface area contributed by atoms with E-state index in [2.05, 4.69) is 10.1 Å². The lowest BCUT2D eigenvalue weighted by Gasteiger charge is -2.10. The Kier molecular flexibility index (Phi) is 3.76. The number of aromatic nitrogens is 3. The smallest absolute Gasteiger partial charge is 0.321 e. The third-order valence-corrected chi connectivity index (χ3v) is 3.95. The monoisotopic (exact) mass is 366 g/mol. The van der Waals surface area contributed by atoms with Gasteiger partial charge in [0.25, 0.3) is 17.6 Å². The summed E-state index contributed by atoms with van der Waals surface area (Å²) in [6.45, 7) is 1.59. The number of carbonyl (C=O) groups excluding carboxylic acids is 3. The highest BCUT2D eigenvalue weighted by molar-refractivity contribution is 6.21. The van der Waals surface area contributed by atoms with Crippen LogP contribution in [0.2, 0.25) is 0 Å². The minimum atomic E-state index is -1.06. The van der Waals surface area contributed by atoms with Crippen LogP contribution in [0.15, 0.2) is 48.5 Å². The van der Waals surface area contributed by atoms with Gasteiger partial charge in [-0.2, -0.15) is 0 Å². The van der Waals surface area contributed by atoms with Gasteiger partial charge in [-0.25, -0.2) is 18.9 Å². The van der Waals surface area contributed by atoms with Crippen molar-refractivity contribution in [2.75, 3.05) is 0 Å². The molecule has 0 saturated heterocycles. The van der Waals surface area contributed by atoms with Gasteiger partial charge in [0.1, 0.15) is 11.6 Å². The second-order valence-electron chi connectivity index (χ2n) is 5.70. The lowest BCUT2D eigenvalue weighted by molar-refractivity contribution is -0.0592. The topological polar surface area (TPSA) is 94.4 Å². The predicted molar refractivity (Wildman–Crippen MR) is 88.4 cm³/mol. The number of hydroxylamine groups is 2. The first-order valence-electron chi connectivity index (χ1n) is 7.85. The van der Waals surface area contributed by atoms with Gasteiger partial charge in [0.2, 0.25) is 0 Å². The molecule has 0 atom stereocenters. The number of hydrogen-bond acceptors (Lipinski definition) is 6. The molecule has 134 valence electrons. The Bertz CT molecular complexity index is 1060. The van der Waals surface area contributed by atoms with Crippen LogP contribution in [-0.4, -0.2) is 37.6 Å². The van der Waals surface area contributed by atoms with Crippen molar-refractivity contribution in [3.63, 3.8) is 0 Å². The minimum absolute atomic E-state index is 0.149. The van der Waals surface area contributed by atoms with Crippen molar-refractivity contribution in [3.05, 3.63) is 77.1 Å². The number of imide groups is 1. The molecule has 1 aliphatic heterocycles. The lowest BCUT2D eigenvalue weighted by Crippen LogP contribution is -2.33. The molecule has 1 aliphatic rings. The summed E-state index contributed by atoms with van der Waals surface area (Å²) in [6.07, 6.45) is 0. The number of rotatable bonds is 3. The fourth-order valence-electron chi connectivity index (χ4n) is 2.68. The molecule has 4 rings (SSSR count). The summed E-state index contributed by atoms with van der Waals surface area (Å²) < 4.78 is 14.4. The summed E-state index contributed by atoms with van der Waals surface area (Å²) in [5, 5.41) is 4.40. The molecule has 27 heavy (non-hydrogen) atoms. The quantitative estimate of drug-likeness (QED) is 0.659. The Morgan fingerprint density at radius 2 is 1.59 bits per heavy atom. The molecule has 8 nitrogen and oxygen atoms in total. The molecule has 9 heteroatoms. The molecule has 0 N–H and O–H groups in total. The SMILES string of the molecule is Cc1nc(C(=O)ON2C(=O)c3ccccc3C2=O)nn1-c1ccc(F)cc1. The van der Waals surface area contributed by atoms with Gasteiger partial charge in [-0.3, -0.25) is 9.59 Å². The van der Waals surface area contributed by atoms with Crippen LogP contribution in [0.3, 0.4) is 0 Å². The average molecular weight is 366 g/mol. The fraction of sp³-hybridized carbons (Fsp3) is 0.0556. The van der Waals surface area contributed by atoms with Gasteiger partial charge in [-0.15, -0.1) is 5.10 Å². The first kappa shape index (κ1) is 16.6. The van der Waals surface area contributed by atoms with Crippen LogP contribution in [0.4, 0.5) is 4.39 Å². The van der Waals surface area contributed by atoms with Gasteiger partial charge in [-0.05, 0) is 43.3 Å². The molecule has 2 aromatic carbocycles. The van der Waals surface area contributed by atoms with Crippen LogP contribution in [0.25, 0.3) is 5.69 Å². The van der Waals surface area contributed by atoms with Crippen molar-refractivity contribution >= 4 is 17.8 Å². The van der Waals surface area contributed by atoms with E-state index >= 15 is 0 Å². The molecular formula is C18H11FN4O4. The number of fused-ring (bicyclic) bond motifs is 1. The van der Waals surface area contributed by atoms with E-state index < -0.39 is 23.6 Å². The van der Waals surface area contributed by atoms with Crippen molar-refractivity contribution in [2.24, 2.45) is 0 Å². The Morgan fingerprint density at radius 1 is 1.00 bits per heavy atom. The van der Waals surface area contributed by atoms with Crippen molar-refractivity contribution in [1.82, 2.24) is 19.8 Å². The van der Waals surface area contributed by atoms with Gasteiger partial charge in [-0.1, -0.05) is 17.2 Å². The number of halogens is 1. The number of hydrogen-bond donors (Lipinski definition) is 0. The molecule has 1 aromatic heterocycles. The average Bonchev–Trinajstić information content (AvgIpc) is 3.17. The third-order valence-electron chi connectivity index (χ3n) is 3.95. The number of nitrogens with zero attached hydrogens (tertiary/aromatic N) is 4. The van der Waals surface area contributed by atoms with E-state index in [0.29, 0.717) is 16.6 Å². The molecule has 0 saturated carbocycles. The number of amides is 2. The summed E-state index contributed by atoms with van der Waals surface area (Å²) in [6, 6.07) is 11.6. The second-order valence-corrected chi connectivity index (χ2v) is 5.70. The van der Waals surface area contributed by atoms with Crippen LogP contribution >= 0.6 is 0 Å². The minimum Gasteiger partial charge on any atom is -0.321 e. The van der Waals surface area contributed by atoms with E-state index in [9.17, 15) is 18.8 Å². The first-order chi connectivity index (χ1) is 13.0. The Morgan fingerprint density at radius 3 is 2.19 bits per heavy atom. The number of aryl methyl sites for hydroxylation is 1. The highest BCUT2D eigenvalue weighted by Gasteiger charge is 2.39. The molecule has 0 spiro atoms. The summed E-state index contributed by atoms with van der Waals surface area (Å²) in [7, 11) is 0. The first-order valence-corrected chi connectivity index (χ1v) is 7.85. The Labute approximate surface area is 151 Å². The maximum absolute atomic E-state index is 13.1. The summed E-state index contributed by atoms with van der Waals surface area (Å²) in [5.41, 5.74) is 0.786. The maximum atomic E-state index is 13.1. The van der Waals surface area contributed by atoms with Crippen LogP contribution in [-0.2, 0) is 4.84 Å². The molecule has 2 heterocycles. The van der Waals surface area contributed by atoms with Gasteiger partial charge in [0, 0.05) is 0 Å². The van der Waals surface area contributed by atoms with Crippen molar-refractivity contribution in [1.29, 1.82) is 0 Å². The van der Waals surface area contributed by atoms with Crippen molar-refractivity contribution < 1.29 is 23.6 Å². The van der Waals surface area contributed by atoms with E-state index in [0.717, 1.165) is 0 Å². The van der Waals surface area contributed by atoms with E-state index in [-0.39, 0.29) is 17.0 Å². The highest BCUT2D eigenvalue weighted by atomic mass is 19.1. The second kappa shape index (κ2) is 6.13. The fourth-order valence-corrected chi connectivity index (χ4v) is 2.68. The van der Waals surface area contributed by atoms with Crippen LogP contribution in [0, 0.1) is 12.7 Å². The Hall–Kier alpha value is -3.88. The van der Waals surface area contributed by atoms with Crippen molar-refractivity contribution in [3.8, 4) is 5.69 Å². The van der Waals surface area contributed by atoms with Gasteiger partial charge < -0.3 is 4.84 Å². The molecule has 0 fully saturated rings. The summed E-state index contributed by atoms with van der Waals surface area (Å²) in [5.74, 6) is -2.95. The largest absolute Gasteiger partial charge is 0.403 e. The van der Waals surface area contributed by atoms with E-state index in [4.69, 9.17) is 4.84 Å². The van der Waals surface area contributed by atoms with E-state index in [1.54, 1.807) is 19.1 Å². The zero-order valence-electron chi connectivity index (χ0n) is 13.9. The molecule has 0 aliphatic carbocycles. The molecule has 0 radical (unpaired) electrons. The predicted octanol–water partition coefficient (Wildman–Crippen LogP) is 2.08. The normalized spacial score (nSPS) is 13.0. The maximum Gasteiger partial charge on any atom is 0.403 e. The standard InChI is InChI=1S/C18H11FN4O4/c1-10-20-15(21-22(10)12-8-6-11(19)7-9-12)18(26)27-23-16(24)13-4-2-3-5-14(13)17(23)25/h2-9H,1H3.